The molecule has 1 atom stereocenters. The average Bonchev–Trinajstić information content (AvgIpc) is 2.80. The summed E-state index contributed by atoms with van der Waals surface area (Å²) in [4.78, 5) is 13.8. The molecule has 19 heavy (non-hydrogen) atoms. The Kier molecular flexibility index (Phi) is 3.31. The lowest BCUT2D eigenvalue weighted by Gasteiger charge is -2.43. The zero-order chi connectivity index (χ0) is 13.3. The van der Waals surface area contributed by atoms with Crippen molar-refractivity contribution >= 4 is 5.97 Å². The second-order valence-electron chi connectivity index (χ2n) is 5.81. The summed E-state index contributed by atoms with van der Waals surface area (Å²) in [5.41, 5.74) is 2.36. The van der Waals surface area contributed by atoms with Crippen LogP contribution in [0, 0.1) is 0 Å². The number of likely N-dealkylation sites (tertiary alicyclic amines) is 1. The van der Waals surface area contributed by atoms with Crippen molar-refractivity contribution in [3.63, 3.8) is 0 Å². The summed E-state index contributed by atoms with van der Waals surface area (Å²) in [6.07, 6.45) is 5.89. The van der Waals surface area contributed by atoms with Crippen LogP contribution >= 0.6 is 0 Å². The highest BCUT2D eigenvalue weighted by atomic mass is 16.4. The number of rotatable bonds is 3. The molecule has 3 heteroatoms. The maximum absolute atomic E-state index is 11.4. The van der Waals surface area contributed by atoms with Gasteiger partial charge in [-0.25, -0.2) is 0 Å². The van der Waals surface area contributed by atoms with Gasteiger partial charge in [-0.3, -0.25) is 9.69 Å². The molecule has 1 aromatic rings. The smallest absolute Gasteiger partial charge is 0.305 e. The fraction of sp³-hybridized carbons (Fsp3) is 0.562. The summed E-state index contributed by atoms with van der Waals surface area (Å²) >= 11 is 0. The van der Waals surface area contributed by atoms with Gasteiger partial charge in [0.15, 0.2) is 0 Å². The first-order chi connectivity index (χ1) is 9.22. The monoisotopic (exact) mass is 259 g/mol. The summed E-state index contributed by atoms with van der Waals surface area (Å²) in [6, 6.07) is 8.40. The van der Waals surface area contributed by atoms with E-state index in [-0.39, 0.29) is 12.0 Å². The standard InChI is InChI=1S/C16H21NO2/c18-15(19)12-16(17-10-4-1-5-11-17)9-8-13-6-2-3-7-14(13)16/h2-3,6-7H,1,4-5,8-12H2,(H,18,19). The Hall–Kier alpha value is -1.35. The van der Waals surface area contributed by atoms with Gasteiger partial charge >= 0.3 is 5.97 Å². The number of nitrogens with zero attached hydrogens (tertiary/aromatic N) is 1. The molecule has 3 rings (SSSR count). The minimum atomic E-state index is -0.678. The number of aryl methyl sites for hydroxylation is 1. The van der Waals surface area contributed by atoms with Gasteiger partial charge in [-0.1, -0.05) is 30.7 Å². The van der Waals surface area contributed by atoms with Gasteiger partial charge in [0.25, 0.3) is 0 Å². The molecule has 0 radical (unpaired) electrons. The predicted molar refractivity (Wildman–Crippen MR) is 74.1 cm³/mol. The molecule has 0 saturated carbocycles. The molecular weight excluding hydrogens is 238 g/mol. The SMILES string of the molecule is O=C(O)CC1(N2CCCCC2)CCc2ccccc21. The van der Waals surface area contributed by atoms with Crippen molar-refractivity contribution < 1.29 is 9.90 Å². The van der Waals surface area contributed by atoms with Gasteiger partial charge < -0.3 is 5.11 Å². The van der Waals surface area contributed by atoms with Crippen molar-refractivity contribution in [1.82, 2.24) is 4.90 Å². The summed E-state index contributed by atoms with van der Waals surface area (Å²) < 4.78 is 0. The van der Waals surface area contributed by atoms with Crippen LogP contribution in [-0.2, 0) is 16.8 Å². The van der Waals surface area contributed by atoms with Gasteiger partial charge in [0.1, 0.15) is 0 Å². The van der Waals surface area contributed by atoms with E-state index in [1.165, 1.54) is 30.4 Å². The molecule has 0 aromatic heterocycles. The van der Waals surface area contributed by atoms with E-state index >= 15 is 0 Å². The molecule has 1 N–H and O–H groups in total. The van der Waals surface area contributed by atoms with Gasteiger partial charge in [0.2, 0.25) is 0 Å². The lowest BCUT2D eigenvalue weighted by Crippen LogP contribution is -2.48. The molecule has 2 aliphatic rings. The van der Waals surface area contributed by atoms with Gasteiger partial charge in [-0.05, 0) is 49.9 Å². The highest BCUT2D eigenvalue weighted by Gasteiger charge is 2.45. The van der Waals surface area contributed by atoms with Crippen LogP contribution in [0.1, 0.15) is 43.2 Å². The Morgan fingerprint density at radius 1 is 1.21 bits per heavy atom. The van der Waals surface area contributed by atoms with E-state index in [1.54, 1.807) is 0 Å². The largest absolute Gasteiger partial charge is 0.481 e. The van der Waals surface area contributed by atoms with E-state index in [2.05, 4.69) is 23.1 Å². The molecular formula is C16H21NO2. The number of aliphatic carboxylic acids is 1. The summed E-state index contributed by atoms with van der Waals surface area (Å²) in [7, 11) is 0. The Balaban J connectivity index is 2.00. The van der Waals surface area contributed by atoms with Gasteiger partial charge in [0, 0.05) is 0 Å². The molecule has 0 amide bonds. The normalized spacial score (nSPS) is 27.2. The van der Waals surface area contributed by atoms with E-state index in [4.69, 9.17) is 0 Å². The zero-order valence-electron chi connectivity index (χ0n) is 11.3. The van der Waals surface area contributed by atoms with E-state index in [0.717, 1.165) is 25.9 Å². The molecule has 1 fully saturated rings. The fourth-order valence-electron chi connectivity index (χ4n) is 3.86. The van der Waals surface area contributed by atoms with Crippen LogP contribution in [0.5, 0.6) is 0 Å². The maximum atomic E-state index is 11.4. The summed E-state index contributed by atoms with van der Waals surface area (Å²) in [5, 5.41) is 9.37. The van der Waals surface area contributed by atoms with Crippen molar-refractivity contribution in [2.75, 3.05) is 13.1 Å². The molecule has 1 unspecified atom stereocenters. The first-order valence-electron chi connectivity index (χ1n) is 7.28. The molecule has 102 valence electrons. The molecule has 1 saturated heterocycles. The number of carbonyl (C=O) groups is 1. The van der Waals surface area contributed by atoms with Crippen molar-refractivity contribution in [2.45, 2.75) is 44.1 Å². The zero-order valence-corrected chi connectivity index (χ0v) is 11.3. The quantitative estimate of drug-likeness (QED) is 0.907. The Morgan fingerprint density at radius 2 is 1.95 bits per heavy atom. The number of hydrogen-bond acceptors (Lipinski definition) is 2. The van der Waals surface area contributed by atoms with Gasteiger partial charge in [0.05, 0.1) is 12.0 Å². The Bertz CT molecular complexity index is 479. The summed E-state index contributed by atoms with van der Waals surface area (Å²) in [5.74, 6) is -0.678. The van der Waals surface area contributed by atoms with E-state index in [9.17, 15) is 9.90 Å². The fourth-order valence-corrected chi connectivity index (χ4v) is 3.86. The van der Waals surface area contributed by atoms with E-state index in [0.29, 0.717) is 0 Å². The molecule has 1 aliphatic heterocycles. The number of carboxylic acids is 1. The van der Waals surface area contributed by atoms with Crippen LogP contribution in [0.3, 0.4) is 0 Å². The lowest BCUT2D eigenvalue weighted by molar-refractivity contribution is -0.141. The third-order valence-electron chi connectivity index (χ3n) is 4.73. The van der Waals surface area contributed by atoms with Crippen LogP contribution in [0.4, 0.5) is 0 Å². The van der Waals surface area contributed by atoms with Crippen molar-refractivity contribution in [3.8, 4) is 0 Å². The number of benzene rings is 1. The molecule has 1 heterocycles. The summed E-state index contributed by atoms with van der Waals surface area (Å²) in [6.45, 7) is 2.09. The van der Waals surface area contributed by atoms with E-state index < -0.39 is 5.97 Å². The molecule has 3 nitrogen and oxygen atoms in total. The van der Waals surface area contributed by atoms with Crippen LogP contribution in [0.25, 0.3) is 0 Å². The average molecular weight is 259 g/mol. The Labute approximate surface area is 114 Å². The van der Waals surface area contributed by atoms with Crippen LogP contribution in [0.15, 0.2) is 24.3 Å². The third-order valence-corrected chi connectivity index (χ3v) is 4.73. The van der Waals surface area contributed by atoms with Crippen LogP contribution < -0.4 is 0 Å². The molecule has 0 spiro atoms. The van der Waals surface area contributed by atoms with Crippen molar-refractivity contribution in [1.29, 1.82) is 0 Å². The Morgan fingerprint density at radius 3 is 2.68 bits per heavy atom. The first-order valence-corrected chi connectivity index (χ1v) is 7.28. The molecule has 1 aliphatic carbocycles. The molecule has 0 bridgehead atoms. The molecule has 1 aromatic carbocycles. The van der Waals surface area contributed by atoms with Crippen LogP contribution in [0.2, 0.25) is 0 Å². The second kappa shape index (κ2) is 4.97. The lowest BCUT2D eigenvalue weighted by atomic mass is 9.84. The highest BCUT2D eigenvalue weighted by molar-refractivity contribution is 5.69. The highest BCUT2D eigenvalue weighted by Crippen LogP contribution is 2.45. The predicted octanol–water partition coefficient (Wildman–Crippen LogP) is 2.79. The van der Waals surface area contributed by atoms with Crippen molar-refractivity contribution in [2.24, 2.45) is 0 Å². The minimum Gasteiger partial charge on any atom is -0.481 e. The number of piperidine rings is 1. The number of carboxylic acid groups (broad SMARTS) is 1. The van der Waals surface area contributed by atoms with E-state index in [1.807, 2.05) is 6.07 Å². The minimum absolute atomic E-state index is 0.240. The number of fused-ring (bicyclic) bond motifs is 1. The van der Waals surface area contributed by atoms with Crippen LogP contribution in [-0.4, -0.2) is 29.1 Å². The van der Waals surface area contributed by atoms with Gasteiger partial charge in [-0.2, -0.15) is 0 Å². The maximum Gasteiger partial charge on any atom is 0.305 e. The number of hydrogen-bond donors (Lipinski definition) is 1. The van der Waals surface area contributed by atoms with Crippen molar-refractivity contribution in [3.05, 3.63) is 35.4 Å². The topological polar surface area (TPSA) is 40.5 Å². The second-order valence-corrected chi connectivity index (χ2v) is 5.81. The third kappa shape index (κ3) is 2.16. The first kappa shape index (κ1) is 12.7. The van der Waals surface area contributed by atoms with Gasteiger partial charge in [-0.15, -0.1) is 0 Å².